The van der Waals surface area contributed by atoms with Gasteiger partial charge in [0.2, 0.25) is 0 Å². The van der Waals surface area contributed by atoms with Gasteiger partial charge in [-0.05, 0) is 32.1 Å². The minimum Gasteiger partial charge on any atom is -0.481 e. The van der Waals surface area contributed by atoms with Crippen molar-refractivity contribution < 1.29 is 66.6 Å². The zero-order valence-corrected chi connectivity index (χ0v) is 20.5. The molecule has 0 aromatic rings. The number of aliphatic carboxylic acids is 1. The molecule has 0 aromatic carbocycles. The summed E-state index contributed by atoms with van der Waals surface area (Å²) in [7, 11) is 0. The summed E-state index contributed by atoms with van der Waals surface area (Å²) in [5.41, 5.74) is 0. The van der Waals surface area contributed by atoms with Gasteiger partial charge in [0, 0.05) is 54.6 Å². The molecular weight excluding hydrogens is 472 g/mol. The maximum Gasteiger partial charge on any atom is 0.341 e. The third-order valence-corrected chi connectivity index (χ3v) is 4.04. The normalized spacial score (nSPS) is 10.0. The van der Waals surface area contributed by atoms with E-state index in [1.54, 1.807) is 6.92 Å². The molecule has 0 aromatic heterocycles. The van der Waals surface area contributed by atoms with E-state index in [2.05, 4.69) is 24.0 Å². The molecule has 0 aliphatic rings. The van der Waals surface area contributed by atoms with E-state index in [1.165, 1.54) is 70.6 Å². The average molecular weight is 513 g/mol. The Hall–Kier alpha value is 0.0166. The van der Waals surface area contributed by atoms with Crippen molar-refractivity contribution in [2.75, 3.05) is 0 Å². The zero-order valence-electron chi connectivity index (χ0n) is 17.4. The maximum absolute atomic E-state index is 10.3. The Labute approximate surface area is 199 Å². The monoisotopic (exact) mass is 512 g/mol. The summed E-state index contributed by atoms with van der Waals surface area (Å²) in [5, 5.41) is 16.0. The van der Waals surface area contributed by atoms with Crippen LogP contribution in [-0.4, -0.2) is 22.3 Å². The Kier molecular flexibility index (Phi) is 33.1. The van der Waals surface area contributed by atoms with E-state index in [-0.39, 0.29) is 48.2 Å². The molecule has 27 heavy (non-hydrogen) atoms. The number of unbranched alkanes of at least 4 members (excludes halogenated alkanes) is 11. The Morgan fingerprint density at radius 1 is 0.778 bits per heavy atom. The summed E-state index contributed by atoms with van der Waals surface area (Å²) in [6.45, 7) is 3.85. The largest absolute Gasteiger partial charge is 0.481 e. The first-order valence-corrected chi connectivity index (χ1v) is 10.3. The quantitative estimate of drug-likeness (QED) is 0.106. The maximum atomic E-state index is 10.3. The fraction of sp³-hybridized carbons (Fsp3) is 0.810. The molecule has 0 unspecified atom stereocenters. The first kappa shape index (κ1) is 31.7. The Morgan fingerprint density at radius 3 is 1.59 bits per heavy atom. The first-order chi connectivity index (χ1) is 12.6. The third-order valence-electron chi connectivity index (χ3n) is 4.04. The molecule has 0 saturated carbocycles. The van der Waals surface area contributed by atoms with Crippen LogP contribution in [-0.2, 0) is 14.5 Å². The van der Waals surface area contributed by atoms with Crippen LogP contribution in [0.3, 0.4) is 0 Å². The number of carboxylic acids is 1. The van der Waals surface area contributed by atoms with E-state index in [4.69, 9.17) is 10.4 Å². The van der Waals surface area contributed by atoms with Gasteiger partial charge in [0.15, 0.2) is 0 Å². The molecule has 6 heteroatoms. The van der Waals surface area contributed by atoms with Gasteiger partial charge in [-0.3, -0.25) is 4.79 Å². The number of carbonyl (C=O) groups is 2. The van der Waals surface area contributed by atoms with Crippen LogP contribution in [0.15, 0.2) is 12.2 Å². The predicted octanol–water partition coefficient (Wildman–Crippen LogP) is 6.52. The van der Waals surface area contributed by atoms with Crippen molar-refractivity contribution >= 4 is 11.9 Å². The van der Waals surface area contributed by atoms with Crippen molar-refractivity contribution in [2.45, 2.75) is 110 Å². The van der Waals surface area contributed by atoms with E-state index < -0.39 is 11.9 Å². The fourth-order valence-corrected chi connectivity index (χ4v) is 2.41. The number of carboxylic acid groups (broad SMARTS) is 1. The Balaban J connectivity index is -0.000000709. The number of hydrogen-bond donors (Lipinski definition) is 2. The van der Waals surface area contributed by atoms with Crippen LogP contribution in [0, 0.1) is 41.7 Å². The van der Waals surface area contributed by atoms with Gasteiger partial charge in [0.05, 0.1) is 0 Å². The van der Waals surface area contributed by atoms with E-state index >= 15 is 0 Å². The summed E-state index contributed by atoms with van der Waals surface area (Å²) in [6, 6.07) is 0. The van der Waals surface area contributed by atoms with Crippen molar-refractivity contribution in [1.29, 1.82) is 0 Å². The zero-order chi connectivity index (χ0) is 19.9. The number of hydrogen-bond acceptors (Lipinski definition) is 4. The van der Waals surface area contributed by atoms with E-state index in [9.17, 15) is 9.59 Å². The van der Waals surface area contributed by atoms with Crippen molar-refractivity contribution in [3.05, 3.63) is 12.2 Å². The molecule has 0 aliphatic carbocycles. The molecule has 0 fully saturated rings. The van der Waals surface area contributed by atoms with Crippen LogP contribution in [0.4, 0.5) is 0 Å². The molecule has 0 rings (SSSR count). The number of allylic oxidation sites excluding steroid dienone is 2. The van der Waals surface area contributed by atoms with Crippen LogP contribution in [0.25, 0.3) is 0 Å². The van der Waals surface area contributed by atoms with Crippen LogP contribution < -0.4 is 0 Å². The van der Waals surface area contributed by atoms with Gasteiger partial charge < -0.3 is 9.99 Å². The van der Waals surface area contributed by atoms with Gasteiger partial charge >= 0.3 is 11.9 Å². The first-order valence-electron chi connectivity index (χ1n) is 10.3. The third kappa shape index (κ3) is 34.0. The van der Waals surface area contributed by atoms with Crippen molar-refractivity contribution in [1.82, 2.24) is 0 Å². The predicted molar refractivity (Wildman–Crippen MR) is 106 cm³/mol. The molecule has 0 heterocycles. The molecular formula is C21H40CeO5. The summed E-state index contributed by atoms with van der Waals surface area (Å²) in [5.74, 6) is -1.27. The van der Waals surface area contributed by atoms with Crippen LogP contribution >= 0.6 is 0 Å². The minimum absolute atomic E-state index is 0. The SMILES string of the molecule is CCC(=O)OO.CCCCCCCCC=CCCCCCCCC(=O)O.[Ce]. The van der Waals surface area contributed by atoms with Gasteiger partial charge in [-0.1, -0.05) is 77.4 Å². The van der Waals surface area contributed by atoms with Crippen LogP contribution in [0.1, 0.15) is 110 Å². The van der Waals surface area contributed by atoms with Crippen molar-refractivity contribution in [3.8, 4) is 0 Å². The average Bonchev–Trinajstić information content (AvgIpc) is 2.64. The Morgan fingerprint density at radius 2 is 1.22 bits per heavy atom. The van der Waals surface area contributed by atoms with Gasteiger partial charge in [-0.25, -0.2) is 4.79 Å². The topological polar surface area (TPSA) is 83.8 Å². The number of carbonyl (C=O) groups excluding carboxylic acids is 1. The van der Waals surface area contributed by atoms with Crippen molar-refractivity contribution in [3.63, 3.8) is 0 Å². The second-order valence-electron chi connectivity index (χ2n) is 6.54. The summed E-state index contributed by atoms with van der Waals surface area (Å²) >= 11 is 0. The van der Waals surface area contributed by atoms with Crippen molar-refractivity contribution in [2.24, 2.45) is 0 Å². The Bertz CT molecular complexity index is 339. The van der Waals surface area contributed by atoms with Gasteiger partial charge in [-0.2, -0.15) is 5.26 Å². The molecule has 0 atom stereocenters. The summed E-state index contributed by atoms with van der Waals surface area (Å²) in [4.78, 5) is 23.3. The molecule has 0 saturated heterocycles. The molecule has 0 bridgehead atoms. The standard InChI is InChI=1S/C18H34O2.C3H6O3.Ce/c1-2-3-4-5-6-7-8-9-10-11-12-13-14-15-16-17-18(19)20;1-2-3(4)6-5;/h9-10H,2-8,11-17H2,1H3,(H,19,20);5H,2H2,1H3;. The van der Waals surface area contributed by atoms with Gasteiger partial charge in [0.25, 0.3) is 0 Å². The second-order valence-corrected chi connectivity index (χ2v) is 6.54. The molecule has 0 spiro atoms. The minimum atomic E-state index is -0.664. The van der Waals surface area contributed by atoms with E-state index in [0.29, 0.717) is 6.42 Å². The molecule has 0 radical (unpaired) electrons. The van der Waals surface area contributed by atoms with E-state index in [0.717, 1.165) is 12.8 Å². The van der Waals surface area contributed by atoms with Gasteiger partial charge in [0.1, 0.15) is 0 Å². The fourth-order valence-electron chi connectivity index (χ4n) is 2.41. The summed E-state index contributed by atoms with van der Waals surface area (Å²) in [6.07, 6.45) is 21.5. The molecule has 0 aliphatic heterocycles. The molecule has 0 amide bonds. The van der Waals surface area contributed by atoms with Gasteiger partial charge in [-0.15, -0.1) is 0 Å². The smallest absolute Gasteiger partial charge is 0.341 e. The molecule has 5 nitrogen and oxygen atoms in total. The summed E-state index contributed by atoms with van der Waals surface area (Å²) < 4.78 is 0. The molecule has 158 valence electrons. The van der Waals surface area contributed by atoms with Crippen LogP contribution in [0.2, 0.25) is 0 Å². The van der Waals surface area contributed by atoms with E-state index in [1.807, 2.05) is 0 Å². The number of rotatable bonds is 16. The van der Waals surface area contributed by atoms with Crippen LogP contribution in [0.5, 0.6) is 0 Å². The molecule has 2 N–H and O–H groups in total. The second kappa shape index (κ2) is 28.2.